The third-order valence-corrected chi connectivity index (χ3v) is 4.15. The summed E-state index contributed by atoms with van der Waals surface area (Å²) in [6.07, 6.45) is 5.42. The summed E-state index contributed by atoms with van der Waals surface area (Å²) in [5, 5.41) is 3.00. The van der Waals surface area contributed by atoms with Gasteiger partial charge in [-0.3, -0.25) is 4.79 Å². The Balaban J connectivity index is 1.69. The minimum atomic E-state index is -0.396. The van der Waals surface area contributed by atoms with Gasteiger partial charge in [0.2, 0.25) is 0 Å². The van der Waals surface area contributed by atoms with Gasteiger partial charge in [0.1, 0.15) is 5.82 Å². The Hall–Kier alpha value is -2.14. The molecule has 0 bridgehead atoms. The average Bonchev–Trinajstić information content (AvgIpc) is 3.03. The van der Waals surface area contributed by atoms with Crippen molar-refractivity contribution >= 4 is 5.91 Å². The summed E-state index contributed by atoms with van der Waals surface area (Å²) < 4.78 is 15.9. The van der Waals surface area contributed by atoms with Crippen molar-refractivity contribution in [1.29, 1.82) is 0 Å². The van der Waals surface area contributed by atoms with Gasteiger partial charge in [-0.15, -0.1) is 0 Å². The zero-order valence-corrected chi connectivity index (χ0v) is 12.6. The molecule has 1 aromatic heterocycles. The first-order valence-corrected chi connectivity index (χ1v) is 7.56. The topological polar surface area (TPSA) is 37.3 Å². The van der Waals surface area contributed by atoms with E-state index >= 15 is 0 Å². The van der Waals surface area contributed by atoms with Crippen molar-refractivity contribution < 1.29 is 9.18 Å². The zero-order valence-electron chi connectivity index (χ0n) is 12.6. The number of hydrogen-bond acceptors (Lipinski definition) is 2. The first-order valence-electron chi connectivity index (χ1n) is 7.56. The molecule has 1 fully saturated rings. The maximum absolute atomic E-state index is 14.2. The minimum absolute atomic E-state index is 0.177. The molecule has 1 saturated heterocycles. The maximum atomic E-state index is 14.2. The zero-order chi connectivity index (χ0) is 15.5. The lowest BCUT2D eigenvalue weighted by atomic mass is 10.0. The molecule has 3 rings (SSSR count). The predicted molar refractivity (Wildman–Crippen MR) is 83.7 cm³/mol. The third kappa shape index (κ3) is 3.20. The first-order chi connectivity index (χ1) is 10.6. The van der Waals surface area contributed by atoms with Gasteiger partial charge in [-0.25, -0.2) is 4.39 Å². The smallest absolute Gasteiger partial charge is 0.251 e. The van der Waals surface area contributed by atoms with Gasteiger partial charge >= 0.3 is 0 Å². The van der Waals surface area contributed by atoms with E-state index in [1.807, 2.05) is 12.1 Å². The fourth-order valence-electron chi connectivity index (χ4n) is 2.77. The van der Waals surface area contributed by atoms with Crippen LogP contribution in [0.2, 0.25) is 0 Å². The van der Waals surface area contributed by atoms with Gasteiger partial charge in [-0.2, -0.15) is 0 Å². The number of hydrogen-bond donors (Lipinski definition) is 1. The summed E-state index contributed by atoms with van der Waals surface area (Å²) in [6.45, 7) is 1.96. The molecule has 5 heteroatoms. The summed E-state index contributed by atoms with van der Waals surface area (Å²) in [6, 6.07) is 8.46. The van der Waals surface area contributed by atoms with Crippen LogP contribution in [0.4, 0.5) is 4.39 Å². The summed E-state index contributed by atoms with van der Waals surface area (Å²) in [5.74, 6) is -0.597. The molecule has 2 heterocycles. The lowest BCUT2D eigenvalue weighted by Crippen LogP contribution is -2.43. The number of aromatic nitrogens is 1. The molecule has 1 aliphatic heterocycles. The number of nitrogens with one attached hydrogen (secondary N) is 1. The van der Waals surface area contributed by atoms with Gasteiger partial charge in [0, 0.05) is 24.0 Å². The molecule has 1 amide bonds. The number of amides is 1. The summed E-state index contributed by atoms with van der Waals surface area (Å²) in [4.78, 5) is 14.5. The Morgan fingerprint density at radius 1 is 1.23 bits per heavy atom. The molecule has 0 saturated carbocycles. The number of likely N-dealkylation sites (tertiary alicyclic amines) is 1. The fourth-order valence-corrected chi connectivity index (χ4v) is 2.77. The number of halogens is 1. The Morgan fingerprint density at radius 2 is 1.91 bits per heavy atom. The monoisotopic (exact) mass is 301 g/mol. The normalized spacial score (nSPS) is 16.6. The molecule has 0 unspecified atom stereocenters. The van der Waals surface area contributed by atoms with Crippen molar-refractivity contribution in [3.05, 3.63) is 54.1 Å². The number of rotatable bonds is 3. The van der Waals surface area contributed by atoms with Gasteiger partial charge in [0.25, 0.3) is 5.91 Å². The fraction of sp³-hybridized carbons (Fsp3) is 0.353. The van der Waals surface area contributed by atoms with E-state index in [0.717, 1.165) is 25.9 Å². The van der Waals surface area contributed by atoms with Gasteiger partial charge in [-0.1, -0.05) is 0 Å². The van der Waals surface area contributed by atoms with E-state index in [0.29, 0.717) is 11.3 Å². The number of piperidine rings is 1. The van der Waals surface area contributed by atoms with Crippen LogP contribution in [-0.2, 0) is 0 Å². The van der Waals surface area contributed by atoms with Crippen LogP contribution in [-0.4, -0.2) is 41.6 Å². The van der Waals surface area contributed by atoms with Gasteiger partial charge in [-0.05, 0) is 63.3 Å². The summed E-state index contributed by atoms with van der Waals surface area (Å²) in [5.41, 5.74) is 0.813. The molecule has 4 nitrogen and oxygen atoms in total. The van der Waals surface area contributed by atoms with Crippen molar-refractivity contribution in [2.45, 2.75) is 18.9 Å². The highest BCUT2D eigenvalue weighted by Gasteiger charge is 2.19. The molecular formula is C17H20FN3O. The SMILES string of the molecule is CN1CCC(NC(=O)c2ccc(-n3cccc3)c(F)c2)CC1. The van der Waals surface area contributed by atoms with E-state index in [-0.39, 0.29) is 11.9 Å². The number of carbonyl (C=O) groups excluding carboxylic acids is 1. The number of nitrogens with zero attached hydrogens (tertiary/aromatic N) is 2. The summed E-state index contributed by atoms with van der Waals surface area (Å²) in [7, 11) is 2.08. The lowest BCUT2D eigenvalue weighted by Gasteiger charge is -2.29. The van der Waals surface area contributed by atoms with E-state index in [9.17, 15) is 9.18 Å². The van der Waals surface area contributed by atoms with Crippen LogP contribution in [0.1, 0.15) is 23.2 Å². The Bertz CT molecular complexity index is 646. The summed E-state index contributed by atoms with van der Waals surface area (Å²) >= 11 is 0. The first kappa shape index (κ1) is 14.8. The maximum Gasteiger partial charge on any atom is 0.251 e. The Labute approximate surface area is 129 Å². The molecule has 2 aromatic rings. The average molecular weight is 301 g/mol. The van der Waals surface area contributed by atoms with Gasteiger partial charge in [0.05, 0.1) is 5.69 Å². The van der Waals surface area contributed by atoms with Crippen LogP contribution in [0, 0.1) is 5.82 Å². The molecule has 1 N–H and O–H groups in total. The number of benzene rings is 1. The molecule has 1 aromatic carbocycles. The highest BCUT2D eigenvalue weighted by Crippen LogP contribution is 2.16. The Kier molecular flexibility index (Phi) is 4.24. The lowest BCUT2D eigenvalue weighted by molar-refractivity contribution is 0.0916. The van der Waals surface area contributed by atoms with E-state index < -0.39 is 5.82 Å². The van der Waals surface area contributed by atoms with Gasteiger partial charge < -0.3 is 14.8 Å². The highest BCUT2D eigenvalue weighted by molar-refractivity contribution is 5.94. The van der Waals surface area contributed by atoms with Crippen LogP contribution in [0.3, 0.4) is 0 Å². The van der Waals surface area contributed by atoms with Crippen molar-refractivity contribution in [3.63, 3.8) is 0 Å². The van der Waals surface area contributed by atoms with Crippen LogP contribution in [0.15, 0.2) is 42.7 Å². The molecule has 22 heavy (non-hydrogen) atoms. The van der Waals surface area contributed by atoms with Crippen molar-refractivity contribution in [2.75, 3.05) is 20.1 Å². The second-order valence-electron chi connectivity index (χ2n) is 5.81. The standard InChI is InChI=1S/C17H20FN3O/c1-20-10-6-14(7-11-20)19-17(22)13-4-5-16(15(18)12-13)21-8-2-3-9-21/h2-5,8-9,12,14H,6-7,10-11H2,1H3,(H,19,22). The highest BCUT2D eigenvalue weighted by atomic mass is 19.1. The molecule has 0 atom stereocenters. The van der Waals surface area contributed by atoms with Crippen LogP contribution >= 0.6 is 0 Å². The second-order valence-corrected chi connectivity index (χ2v) is 5.81. The molecule has 0 radical (unpaired) electrons. The van der Waals surface area contributed by atoms with Crippen molar-refractivity contribution in [2.24, 2.45) is 0 Å². The molecule has 1 aliphatic rings. The largest absolute Gasteiger partial charge is 0.349 e. The molecular weight excluding hydrogens is 281 g/mol. The van der Waals surface area contributed by atoms with E-state index in [1.165, 1.54) is 6.07 Å². The van der Waals surface area contributed by atoms with Crippen molar-refractivity contribution in [3.8, 4) is 5.69 Å². The van der Waals surface area contributed by atoms with E-state index in [1.54, 1.807) is 29.1 Å². The molecule has 0 aliphatic carbocycles. The van der Waals surface area contributed by atoms with Gasteiger partial charge in [0.15, 0.2) is 0 Å². The minimum Gasteiger partial charge on any atom is -0.349 e. The van der Waals surface area contributed by atoms with Crippen LogP contribution in [0.5, 0.6) is 0 Å². The van der Waals surface area contributed by atoms with Crippen molar-refractivity contribution in [1.82, 2.24) is 14.8 Å². The predicted octanol–water partition coefficient (Wildman–Crippen LogP) is 2.44. The van der Waals surface area contributed by atoms with E-state index in [4.69, 9.17) is 0 Å². The number of carbonyl (C=O) groups is 1. The Morgan fingerprint density at radius 3 is 2.55 bits per heavy atom. The molecule has 116 valence electrons. The van der Waals surface area contributed by atoms with E-state index in [2.05, 4.69) is 17.3 Å². The third-order valence-electron chi connectivity index (χ3n) is 4.15. The quantitative estimate of drug-likeness (QED) is 0.945. The molecule has 0 spiro atoms. The van der Waals surface area contributed by atoms with Crippen LogP contribution < -0.4 is 5.32 Å². The van der Waals surface area contributed by atoms with Crippen LogP contribution in [0.25, 0.3) is 5.69 Å². The second kappa shape index (κ2) is 6.32.